The standard InChI is InChI=1S/C16H18N2O6S/c1-4-23-12-5-7-13(8-6-12)25(21,22)18-17-11(3)15-14(19)9-10(2)24-16(15)20/h5-9,18-19H,4H2,1-3H3. The minimum atomic E-state index is -3.94. The summed E-state index contributed by atoms with van der Waals surface area (Å²) in [7, 11) is -3.94. The van der Waals surface area contributed by atoms with Crippen molar-refractivity contribution in [1.29, 1.82) is 0 Å². The molecule has 0 aliphatic rings. The van der Waals surface area contributed by atoms with Gasteiger partial charge in [0.05, 0.1) is 17.2 Å². The van der Waals surface area contributed by atoms with Crippen LogP contribution in [0.15, 0.2) is 49.5 Å². The van der Waals surface area contributed by atoms with Gasteiger partial charge in [-0.15, -0.1) is 0 Å². The number of nitrogens with zero attached hydrogens (tertiary/aromatic N) is 1. The predicted octanol–water partition coefficient (Wildman–Crippen LogP) is 1.76. The van der Waals surface area contributed by atoms with Crippen molar-refractivity contribution in [2.45, 2.75) is 25.7 Å². The van der Waals surface area contributed by atoms with Gasteiger partial charge in [0.2, 0.25) is 0 Å². The summed E-state index contributed by atoms with van der Waals surface area (Å²) in [5.41, 5.74) is -1.04. The Hall–Kier alpha value is -2.81. The van der Waals surface area contributed by atoms with Crippen molar-refractivity contribution in [3.05, 3.63) is 52.1 Å². The number of benzene rings is 1. The minimum absolute atomic E-state index is 0.0207. The summed E-state index contributed by atoms with van der Waals surface area (Å²) in [4.78, 5) is 13.8. The predicted molar refractivity (Wildman–Crippen MR) is 91.5 cm³/mol. The average molecular weight is 366 g/mol. The van der Waals surface area contributed by atoms with Crippen LogP contribution in [0.1, 0.15) is 25.2 Å². The van der Waals surface area contributed by atoms with Crippen LogP contribution >= 0.6 is 0 Å². The number of hydrogen-bond acceptors (Lipinski definition) is 7. The summed E-state index contributed by atoms with van der Waals surface area (Å²) in [6.07, 6.45) is 0. The molecule has 25 heavy (non-hydrogen) atoms. The number of hydrogen-bond donors (Lipinski definition) is 2. The highest BCUT2D eigenvalue weighted by Crippen LogP contribution is 2.17. The summed E-state index contributed by atoms with van der Waals surface area (Å²) in [6, 6.07) is 7.03. The Kier molecular flexibility index (Phi) is 5.48. The zero-order valence-electron chi connectivity index (χ0n) is 13.9. The molecule has 0 fully saturated rings. The van der Waals surface area contributed by atoms with Gasteiger partial charge in [-0.3, -0.25) is 0 Å². The SMILES string of the molecule is CCOc1ccc(S(=O)(=O)NN=C(C)c2c(O)cc(C)oc2=O)cc1. The number of ether oxygens (including phenoxy) is 1. The summed E-state index contributed by atoms with van der Waals surface area (Å²) in [5, 5.41) is 13.5. The van der Waals surface area contributed by atoms with Crippen molar-refractivity contribution >= 4 is 15.7 Å². The highest BCUT2D eigenvalue weighted by Gasteiger charge is 2.16. The molecule has 0 unspecified atom stereocenters. The lowest BCUT2D eigenvalue weighted by atomic mass is 10.2. The number of nitrogens with one attached hydrogen (secondary N) is 1. The summed E-state index contributed by atoms with van der Waals surface area (Å²) >= 11 is 0. The molecule has 2 N–H and O–H groups in total. The molecule has 0 aliphatic carbocycles. The van der Waals surface area contributed by atoms with E-state index in [9.17, 15) is 18.3 Å². The van der Waals surface area contributed by atoms with Crippen LogP contribution in [0, 0.1) is 6.92 Å². The molecule has 0 atom stereocenters. The van der Waals surface area contributed by atoms with Crippen LogP contribution in [0.5, 0.6) is 11.5 Å². The van der Waals surface area contributed by atoms with Crippen LogP contribution in [0.25, 0.3) is 0 Å². The summed E-state index contributed by atoms with van der Waals surface area (Å²) < 4.78 is 34.6. The van der Waals surface area contributed by atoms with E-state index in [0.717, 1.165) is 0 Å². The molecule has 0 bridgehead atoms. The first-order valence-electron chi connectivity index (χ1n) is 7.37. The van der Waals surface area contributed by atoms with Crippen LogP contribution in [-0.2, 0) is 10.0 Å². The van der Waals surface area contributed by atoms with Gasteiger partial charge in [0.1, 0.15) is 22.8 Å². The van der Waals surface area contributed by atoms with Crippen molar-refractivity contribution in [1.82, 2.24) is 4.83 Å². The molecule has 0 spiro atoms. The van der Waals surface area contributed by atoms with Crippen molar-refractivity contribution in [3.8, 4) is 11.5 Å². The van der Waals surface area contributed by atoms with Gasteiger partial charge in [0.15, 0.2) is 0 Å². The maximum Gasteiger partial charge on any atom is 0.348 e. The maximum atomic E-state index is 12.2. The molecular formula is C16H18N2O6S. The Balaban J connectivity index is 2.26. The van der Waals surface area contributed by atoms with E-state index < -0.39 is 15.6 Å². The lowest BCUT2D eigenvalue weighted by molar-refractivity contribution is 0.340. The lowest BCUT2D eigenvalue weighted by Gasteiger charge is -2.07. The van der Waals surface area contributed by atoms with Crippen molar-refractivity contribution < 1.29 is 22.7 Å². The van der Waals surface area contributed by atoms with Crippen molar-refractivity contribution in [2.75, 3.05) is 6.61 Å². The zero-order chi connectivity index (χ0) is 18.6. The highest BCUT2D eigenvalue weighted by molar-refractivity contribution is 7.89. The summed E-state index contributed by atoms with van der Waals surface area (Å²) in [6.45, 7) is 5.17. The quantitative estimate of drug-likeness (QED) is 0.594. The van der Waals surface area contributed by atoms with Crippen molar-refractivity contribution in [2.24, 2.45) is 5.10 Å². The average Bonchev–Trinajstić information content (AvgIpc) is 2.53. The third kappa shape index (κ3) is 4.38. The van der Waals surface area contributed by atoms with Gasteiger partial charge >= 0.3 is 5.63 Å². The van der Waals surface area contributed by atoms with Gasteiger partial charge < -0.3 is 14.3 Å². The molecule has 2 aromatic rings. The van der Waals surface area contributed by atoms with Crippen LogP contribution in [0.4, 0.5) is 0 Å². The van der Waals surface area contributed by atoms with Gasteiger partial charge in [-0.2, -0.15) is 18.4 Å². The molecular weight excluding hydrogens is 348 g/mol. The largest absolute Gasteiger partial charge is 0.507 e. The van der Waals surface area contributed by atoms with Gasteiger partial charge in [-0.05, 0) is 45.0 Å². The van der Waals surface area contributed by atoms with E-state index >= 15 is 0 Å². The van der Waals surface area contributed by atoms with Crippen molar-refractivity contribution in [3.63, 3.8) is 0 Å². The zero-order valence-corrected chi connectivity index (χ0v) is 14.8. The topological polar surface area (TPSA) is 118 Å². The van der Waals surface area contributed by atoms with Gasteiger partial charge in [-0.1, -0.05) is 0 Å². The Morgan fingerprint density at radius 3 is 2.52 bits per heavy atom. The van der Waals surface area contributed by atoms with Gasteiger partial charge in [0, 0.05) is 6.07 Å². The molecule has 9 heteroatoms. The summed E-state index contributed by atoms with van der Waals surface area (Å²) in [5.74, 6) is 0.438. The second kappa shape index (κ2) is 7.39. The maximum absolute atomic E-state index is 12.2. The molecule has 0 saturated carbocycles. The number of sulfonamides is 1. The van der Waals surface area contributed by atoms with Crippen LogP contribution < -0.4 is 15.2 Å². The van der Waals surface area contributed by atoms with Gasteiger partial charge in [-0.25, -0.2) is 4.79 Å². The minimum Gasteiger partial charge on any atom is -0.507 e. The number of aryl methyl sites for hydroxylation is 1. The molecule has 1 aromatic carbocycles. The van der Waals surface area contributed by atoms with E-state index in [1.165, 1.54) is 44.2 Å². The molecule has 1 aromatic heterocycles. The Morgan fingerprint density at radius 2 is 1.96 bits per heavy atom. The first-order valence-corrected chi connectivity index (χ1v) is 8.86. The first kappa shape index (κ1) is 18.5. The van der Waals surface area contributed by atoms with E-state index in [4.69, 9.17) is 9.15 Å². The van der Waals surface area contributed by atoms with E-state index in [1.807, 2.05) is 11.8 Å². The number of rotatable bonds is 6. The van der Waals surface area contributed by atoms with E-state index in [2.05, 4.69) is 5.10 Å². The second-order valence-corrected chi connectivity index (χ2v) is 6.76. The third-order valence-corrected chi connectivity index (χ3v) is 4.42. The Bertz CT molecular complexity index is 946. The van der Waals surface area contributed by atoms with Crippen LogP contribution in [0.3, 0.4) is 0 Å². The Morgan fingerprint density at radius 1 is 1.32 bits per heavy atom. The van der Waals surface area contributed by atoms with E-state index in [-0.39, 0.29) is 27.7 Å². The third-order valence-electron chi connectivity index (χ3n) is 3.19. The van der Waals surface area contributed by atoms with E-state index in [1.54, 1.807) is 0 Å². The molecule has 2 rings (SSSR count). The Labute approximate surface area is 144 Å². The van der Waals surface area contributed by atoms with Gasteiger partial charge in [0.25, 0.3) is 10.0 Å². The number of aromatic hydroxyl groups is 1. The molecule has 0 saturated heterocycles. The second-order valence-electron chi connectivity index (χ2n) is 5.10. The molecule has 0 amide bonds. The van der Waals surface area contributed by atoms with E-state index in [0.29, 0.717) is 12.4 Å². The lowest BCUT2D eigenvalue weighted by Crippen LogP contribution is -2.22. The highest BCUT2D eigenvalue weighted by atomic mass is 32.2. The molecule has 0 radical (unpaired) electrons. The van der Waals surface area contributed by atoms with Crippen LogP contribution in [-0.4, -0.2) is 25.8 Å². The smallest absolute Gasteiger partial charge is 0.348 e. The van der Waals surface area contributed by atoms with Crippen LogP contribution in [0.2, 0.25) is 0 Å². The molecule has 0 aliphatic heterocycles. The normalized spacial score (nSPS) is 12.0. The molecule has 1 heterocycles. The number of hydrazone groups is 1. The first-order chi connectivity index (χ1) is 11.7. The fourth-order valence-electron chi connectivity index (χ4n) is 2.05. The monoisotopic (exact) mass is 366 g/mol. The fourth-order valence-corrected chi connectivity index (χ4v) is 2.90. The fraction of sp³-hybridized carbons (Fsp3) is 0.250. The molecule has 8 nitrogen and oxygen atoms in total. The molecule has 134 valence electrons.